The van der Waals surface area contributed by atoms with E-state index in [-0.39, 0.29) is 29.6 Å². The van der Waals surface area contributed by atoms with Gasteiger partial charge in [-0.25, -0.2) is 0 Å². The van der Waals surface area contributed by atoms with Gasteiger partial charge in [0.15, 0.2) is 17.5 Å². The average molecular weight is 479 g/mol. The summed E-state index contributed by atoms with van der Waals surface area (Å²) in [6.45, 7) is 8.20. The van der Waals surface area contributed by atoms with E-state index in [0.29, 0.717) is 13.2 Å². The van der Waals surface area contributed by atoms with Crippen molar-refractivity contribution in [2.75, 3.05) is 41.0 Å². The van der Waals surface area contributed by atoms with E-state index in [1.54, 1.807) is 21.3 Å². The van der Waals surface area contributed by atoms with Gasteiger partial charge in [-0.1, -0.05) is 6.07 Å². The van der Waals surface area contributed by atoms with Gasteiger partial charge in [0.25, 0.3) is 0 Å². The van der Waals surface area contributed by atoms with Crippen LogP contribution in [0.5, 0.6) is 11.5 Å². The van der Waals surface area contributed by atoms with Gasteiger partial charge in [0.05, 0.1) is 19.3 Å². The molecule has 6 nitrogen and oxygen atoms in total. The molecule has 0 spiro atoms. The van der Waals surface area contributed by atoms with Gasteiger partial charge in [-0.3, -0.25) is 4.99 Å². The molecule has 0 amide bonds. The van der Waals surface area contributed by atoms with Crippen molar-refractivity contribution < 1.29 is 14.2 Å². The number of rotatable bonds is 10. The molecule has 0 aromatic heterocycles. The van der Waals surface area contributed by atoms with Crippen LogP contribution in [-0.2, 0) is 11.2 Å². The Morgan fingerprint density at radius 2 is 1.88 bits per heavy atom. The summed E-state index contributed by atoms with van der Waals surface area (Å²) in [5, 5.41) is 6.60. The third kappa shape index (κ3) is 8.93. The summed E-state index contributed by atoms with van der Waals surface area (Å²) in [5.41, 5.74) is 1.01. The van der Waals surface area contributed by atoms with Crippen LogP contribution >= 0.6 is 24.0 Å². The van der Waals surface area contributed by atoms with Crippen molar-refractivity contribution >= 4 is 29.9 Å². The summed E-state index contributed by atoms with van der Waals surface area (Å²) >= 11 is 0. The number of nitrogens with one attached hydrogen (secondary N) is 2. The van der Waals surface area contributed by atoms with Crippen LogP contribution in [0.15, 0.2) is 23.2 Å². The zero-order valence-corrected chi connectivity index (χ0v) is 19.2. The molecule has 26 heavy (non-hydrogen) atoms. The Balaban J connectivity index is 0.00000625. The molecule has 0 bridgehead atoms. The summed E-state index contributed by atoms with van der Waals surface area (Å²) in [5.74, 6) is 2.36. The largest absolute Gasteiger partial charge is 0.493 e. The maximum atomic E-state index is 5.62. The minimum absolute atomic E-state index is 0. The third-order valence-corrected chi connectivity index (χ3v) is 3.92. The van der Waals surface area contributed by atoms with Crippen molar-refractivity contribution in [1.29, 1.82) is 0 Å². The number of aryl methyl sites for hydroxylation is 1. The van der Waals surface area contributed by atoms with E-state index in [2.05, 4.69) is 27.8 Å². The van der Waals surface area contributed by atoms with Crippen LogP contribution in [0.1, 0.15) is 32.8 Å². The van der Waals surface area contributed by atoms with Crippen LogP contribution in [0.4, 0.5) is 0 Å². The van der Waals surface area contributed by atoms with E-state index in [1.807, 2.05) is 26.8 Å². The van der Waals surface area contributed by atoms with Crippen molar-refractivity contribution in [3.63, 3.8) is 0 Å². The highest BCUT2D eigenvalue weighted by Gasteiger charge is 2.16. The number of hydrogen-bond acceptors (Lipinski definition) is 4. The molecule has 150 valence electrons. The molecule has 0 fully saturated rings. The second-order valence-electron chi connectivity index (χ2n) is 6.34. The molecule has 2 N–H and O–H groups in total. The van der Waals surface area contributed by atoms with Gasteiger partial charge in [-0.2, -0.15) is 0 Å². The monoisotopic (exact) mass is 479 g/mol. The summed E-state index contributed by atoms with van der Waals surface area (Å²) in [6.07, 6.45) is 1.95. The van der Waals surface area contributed by atoms with Crippen molar-refractivity contribution in [3.8, 4) is 11.5 Å². The Hall–Kier alpha value is -1.22. The first-order valence-electron chi connectivity index (χ1n) is 8.75. The molecule has 0 aliphatic heterocycles. The van der Waals surface area contributed by atoms with Gasteiger partial charge in [-0.05, 0) is 51.3 Å². The molecule has 0 radical (unpaired) electrons. The fraction of sp³-hybridized carbons (Fsp3) is 0.632. The first kappa shape index (κ1) is 24.8. The van der Waals surface area contributed by atoms with E-state index in [1.165, 1.54) is 5.56 Å². The first-order valence-corrected chi connectivity index (χ1v) is 8.75. The minimum atomic E-state index is -0.226. The van der Waals surface area contributed by atoms with Crippen LogP contribution in [0, 0.1) is 0 Å². The number of ether oxygens (including phenoxy) is 3. The van der Waals surface area contributed by atoms with Crippen LogP contribution < -0.4 is 20.1 Å². The van der Waals surface area contributed by atoms with Gasteiger partial charge in [0.2, 0.25) is 0 Å². The maximum Gasteiger partial charge on any atom is 0.191 e. The molecule has 1 aromatic rings. The van der Waals surface area contributed by atoms with Gasteiger partial charge in [0, 0.05) is 27.2 Å². The second kappa shape index (κ2) is 13.0. The smallest absolute Gasteiger partial charge is 0.191 e. The molecule has 0 atom stereocenters. The summed E-state index contributed by atoms with van der Waals surface area (Å²) < 4.78 is 16.3. The van der Waals surface area contributed by atoms with E-state index in [0.717, 1.165) is 36.8 Å². The number of hydrogen-bond donors (Lipinski definition) is 2. The predicted molar refractivity (Wildman–Crippen MR) is 118 cm³/mol. The van der Waals surface area contributed by atoms with E-state index < -0.39 is 0 Å². The quantitative estimate of drug-likeness (QED) is 0.234. The number of nitrogens with zero attached hydrogens (tertiary/aromatic N) is 1. The Labute approximate surface area is 175 Å². The lowest BCUT2D eigenvalue weighted by Crippen LogP contribution is -2.45. The molecular formula is C19H34IN3O3. The summed E-state index contributed by atoms with van der Waals surface area (Å²) in [6, 6.07) is 6.09. The van der Waals surface area contributed by atoms with Gasteiger partial charge in [0.1, 0.15) is 0 Å². The topological polar surface area (TPSA) is 64.1 Å². The molecule has 0 unspecified atom stereocenters. The van der Waals surface area contributed by atoms with Crippen LogP contribution in [0.3, 0.4) is 0 Å². The zero-order valence-electron chi connectivity index (χ0n) is 16.8. The number of halogens is 1. The number of aliphatic imine (C=N–C) groups is 1. The fourth-order valence-corrected chi connectivity index (χ4v) is 2.23. The molecule has 1 aromatic carbocycles. The van der Waals surface area contributed by atoms with Crippen LogP contribution in [-0.4, -0.2) is 52.5 Å². The standard InChI is InChI=1S/C19H33N3O3.HI/c1-7-25-17-13-15(10-11-16(17)23-5)9-8-12-21-18(20-4)22-14-19(2,3)24-6;/h10-11,13H,7-9,12,14H2,1-6H3,(H2,20,21,22);1H. The highest BCUT2D eigenvalue weighted by molar-refractivity contribution is 14.0. The molecular weight excluding hydrogens is 445 g/mol. The fourth-order valence-electron chi connectivity index (χ4n) is 2.23. The first-order chi connectivity index (χ1) is 12.0. The Kier molecular flexibility index (Phi) is 12.4. The lowest BCUT2D eigenvalue weighted by atomic mass is 10.1. The van der Waals surface area contributed by atoms with Crippen molar-refractivity contribution in [1.82, 2.24) is 10.6 Å². The zero-order chi connectivity index (χ0) is 18.7. The highest BCUT2D eigenvalue weighted by Crippen LogP contribution is 2.28. The van der Waals surface area contributed by atoms with E-state index >= 15 is 0 Å². The molecule has 1 rings (SSSR count). The molecule has 0 saturated heterocycles. The molecule has 0 aliphatic rings. The van der Waals surface area contributed by atoms with Crippen LogP contribution in [0.25, 0.3) is 0 Å². The van der Waals surface area contributed by atoms with E-state index in [9.17, 15) is 0 Å². The van der Waals surface area contributed by atoms with Gasteiger partial charge >= 0.3 is 0 Å². The normalized spacial score (nSPS) is 11.5. The Bertz CT molecular complexity index is 551. The number of benzene rings is 1. The van der Waals surface area contributed by atoms with Crippen LogP contribution in [0.2, 0.25) is 0 Å². The predicted octanol–water partition coefficient (Wildman–Crippen LogP) is 3.23. The Morgan fingerprint density at radius 1 is 1.15 bits per heavy atom. The SMILES string of the molecule is CCOc1cc(CCCNC(=NC)NCC(C)(C)OC)ccc1OC.I. The maximum absolute atomic E-state index is 5.62. The lowest BCUT2D eigenvalue weighted by Gasteiger charge is -2.24. The molecule has 0 aliphatic carbocycles. The lowest BCUT2D eigenvalue weighted by molar-refractivity contribution is 0.0268. The van der Waals surface area contributed by atoms with Crippen molar-refractivity contribution in [2.45, 2.75) is 39.2 Å². The van der Waals surface area contributed by atoms with Crippen molar-refractivity contribution in [2.24, 2.45) is 4.99 Å². The second-order valence-corrected chi connectivity index (χ2v) is 6.34. The summed E-state index contributed by atoms with van der Waals surface area (Å²) in [7, 11) is 5.14. The average Bonchev–Trinajstić information content (AvgIpc) is 2.61. The highest BCUT2D eigenvalue weighted by atomic mass is 127. The molecule has 0 saturated carbocycles. The number of methoxy groups -OCH3 is 2. The van der Waals surface area contributed by atoms with Gasteiger partial charge < -0.3 is 24.8 Å². The summed E-state index contributed by atoms with van der Waals surface area (Å²) in [4.78, 5) is 4.23. The van der Waals surface area contributed by atoms with Crippen molar-refractivity contribution in [3.05, 3.63) is 23.8 Å². The number of guanidine groups is 1. The third-order valence-electron chi connectivity index (χ3n) is 3.92. The van der Waals surface area contributed by atoms with Gasteiger partial charge in [-0.15, -0.1) is 24.0 Å². The van der Waals surface area contributed by atoms with E-state index in [4.69, 9.17) is 14.2 Å². The molecule has 0 heterocycles. The minimum Gasteiger partial charge on any atom is -0.493 e. The molecule has 7 heteroatoms. The Morgan fingerprint density at radius 3 is 2.46 bits per heavy atom.